The average Bonchev–Trinajstić information content (AvgIpc) is 2.94. The predicted molar refractivity (Wildman–Crippen MR) is 172 cm³/mol. The normalized spacial score (nSPS) is 21.1. The van der Waals surface area contributed by atoms with Gasteiger partial charge in [-0.05, 0) is 96.3 Å². The van der Waals surface area contributed by atoms with Gasteiger partial charge in [0, 0.05) is 18.9 Å². The number of amides is 1. The Morgan fingerprint density at radius 3 is 2.02 bits per heavy atom. The number of nitrogens with zero attached hydrogens (tertiary/aromatic N) is 1. The van der Waals surface area contributed by atoms with Gasteiger partial charge in [0.15, 0.2) is 16.6 Å². The van der Waals surface area contributed by atoms with Gasteiger partial charge < -0.3 is 27.8 Å². The fourth-order valence-corrected chi connectivity index (χ4v) is 7.98. The van der Waals surface area contributed by atoms with Gasteiger partial charge in [0.05, 0.1) is 19.6 Å². The molecule has 2 aromatic rings. The van der Waals surface area contributed by atoms with E-state index in [1.54, 1.807) is 18.9 Å². The molecular formula is C32H49NO8Si2. The third-order valence-electron chi connectivity index (χ3n) is 6.93. The first-order chi connectivity index (χ1) is 20.2. The Morgan fingerprint density at radius 2 is 1.53 bits per heavy atom. The Labute approximate surface area is 259 Å². The summed E-state index contributed by atoms with van der Waals surface area (Å²) in [7, 11) is -3.17. The van der Waals surface area contributed by atoms with Gasteiger partial charge in [0.25, 0.3) is 17.5 Å². The topological polar surface area (TPSA) is 92.8 Å². The Bertz CT molecular complexity index is 1210. The van der Waals surface area contributed by atoms with Crippen LogP contribution in [0.2, 0.25) is 39.3 Å². The number of rotatable bonds is 16. The van der Waals surface area contributed by atoms with Gasteiger partial charge >= 0.3 is 5.97 Å². The molecule has 4 atom stereocenters. The van der Waals surface area contributed by atoms with Crippen molar-refractivity contribution < 1.29 is 37.4 Å². The molecule has 0 radical (unpaired) electrons. The minimum absolute atomic E-state index is 0.158. The number of hydrogen-bond donors (Lipinski definition) is 0. The zero-order valence-electron chi connectivity index (χ0n) is 27.4. The molecule has 11 heteroatoms. The summed E-state index contributed by atoms with van der Waals surface area (Å²) in [5, 5.41) is 0. The molecule has 2 aromatic carbocycles. The molecule has 4 unspecified atom stereocenters. The van der Waals surface area contributed by atoms with Gasteiger partial charge in [-0.1, -0.05) is 30.3 Å². The number of carbonyl (C=O) groups is 2. The van der Waals surface area contributed by atoms with Crippen LogP contribution in [-0.4, -0.2) is 73.1 Å². The smallest absolute Gasteiger partial charge is 0.366 e. The molecular weight excluding hydrogens is 583 g/mol. The van der Waals surface area contributed by atoms with Crippen LogP contribution in [0.1, 0.15) is 38.7 Å². The molecule has 1 heterocycles. The van der Waals surface area contributed by atoms with Crippen molar-refractivity contribution in [1.29, 1.82) is 0 Å². The Balaban J connectivity index is 2.29. The number of carbonyl (C=O) groups excluding carboxylic acids is 2. The summed E-state index contributed by atoms with van der Waals surface area (Å²) in [6.07, 6.45) is 0.232. The van der Waals surface area contributed by atoms with Crippen LogP contribution in [0.5, 0.6) is 5.75 Å². The van der Waals surface area contributed by atoms with Crippen LogP contribution in [0.4, 0.5) is 5.69 Å². The number of anilines is 1. The number of ether oxygens (including phenoxy) is 4. The van der Waals surface area contributed by atoms with E-state index in [-0.39, 0.29) is 32.1 Å². The highest BCUT2D eigenvalue weighted by atomic mass is 28.4. The summed E-state index contributed by atoms with van der Waals surface area (Å²) in [6.45, 7) is 18.2. The molecule has 43 heavy (non-hydrogen) atoms. The van der Waals surface area contributed by atoms with Gasteiger partial charge in [-0.15, -0.1) is 0 Å². The zero-order valence-corrected chi connectivity index (χ0v) is 29.4. The molecule has 1 fully saturated rings. The number of esters is 1. The minimum atomic E-state index is -2.43. The van der Waals surface area contributed by atoms with Crippen LogP contribution < -0.4 is 9.64 Å². The standard InChI is InChI=1S/C32H49NO8Si2/c1-11-37-30(35)31(38-12-2,40-42(5,6)7)27(24-17-15-14-16-18-24)23-28-32(39-13-3,41-43(8,9)10)29(34)33(28)25-19-21-26(36-4)22-20-25/h14-22,27-28H,11-13,23H2,1-10H3. The number of benzene rings is 2. The molecule has 0 aliphatic carbocycles. The summed E-state index contributed by atoms with van der Waals surface area (Å²) in [5.74, 6) is -4.20. The Kier molecular flexibility index (Phi) is 11.4. The fraction of sp³-hybridized carbons (Fsp3) is 0.562. The second-order valence-electron chi connectivity index (χ2n) is 12.4. The first kappa shape index (κ1) is 34.9. The van der Waals surface area contributed by atoms with E-state index in [2.05, 4.69) is 0 Å². The van der Waals surface area contributed by atoms with Gasteiger partial charge in [0.2, 0.25) is 0 Å². The molecule has 1 aliphatic heterocycles. The molecule has 0 N–H and O–H groups in total. The highest BCUT2D eigenvalue weighted by Gasteiger charge is 2.67. The molecule has 3 rings (SSSR count). The summed E-state index contributed by atoms with van der Waals surface area (Å²) >= 11 is 0. The second-order valence-corrected chi connectivity index (χ2v) is 21.3. The van der Waals surface area contributed by atoms with Crippen LogP contribution in [0.3, 0.4) is 0 Å². The van der Waals surface area contributed by atoms with E-state index in [0.29, 0.717) is 11.4 Å². The van der Waals surface area contributed by atoms with Crippen molar-refractivity contribution in [2.24, 2.45) is 0 Å². The van der Waals surface area contributed by atoms with Crippen LogP contribution in [0, 0.1) is 0 Å². The van der Waals surface area contributed by atoms with Gasteiger partial charge in [-0.2, -0.15) is 0 Å². The van der Waals surface area contributed by atoms with Crippen molar-refractivity contribution in [1.82, 2.24) is 0 Å². The number of β-lactam (4-membered cyclic amide) rings is 1. The molecule has 238 valence electrons. The van der Waals surface area contributed by atoms with Gasteiger partial charge in [-0.3, -0.25) is 9.69 Å². The number of methoxy groups -OCH3 is 1. The summed E-state index contributed by atoms with van der Waals surface area (Å²) < 4.78 is 37.1. The van der Waals surface area contributed by atoms with Crippen molar-refractivity contribution in [3.63, 3.8) is 0 Å². The SMILES string of the molecule is CCOC(=O)C(OCC)(O[Si](C)(C)C)C(CC1N(c2ccc(OC)cc2)C(=O)C1(OCC)O[Si](C)(C)C)c1ccccc1. The number of hydrogen-bond acceptors (Lipinski definition) is 8. The molecule has 0 saturated carbocycles. The van der Waals surface area contributed by atoms with E-state index in [1.165, 1.54) is 0 Å². The summed E-state index contributed by atoms with van der Waals surface area (Å²) in [6, 6.07) is 16.3. The average molecular weight is 632 g/mol. The molecule has 9 nitrogen and oxygen atoms in total. The van der Waals surface area contributed by atoms with Crippen LogP contribution in [0.25, 0.3) is 0 Å². The van der Waals surface area contributed by atoms with Gasteiger partial charge in [0.1, 0.15) is 11.8 Å². The highest BCUT2D eigenvalue weighted by Crippen LogP contribution is 2.49. The van der Waals surface area contributed by atoms with E-state index in [9.17, 15) is 9.59 Å². The monoisotopic (exact) mass is 631 g/mol. The van der Waals surface area contributed by atoms with Gasteiger partial charge in [-0.25, -0.2) is 4.79 Å². The molecule has 1 amide bonds. The molecule has 0 spiro atoms. The lowest BCUT2D eigenvalue weighted by Crippen LogP contribution is -2.78. The Hall–Kier alpha value is -2.55. The van der Waals surface area contributed by atoms with Crippen LogP contribution in [-0.2, 0) is 32.7 Å². The quantitative estimate of drug-likeness (QED) is 0.0921. The summed E-state index contributed by atoms with van der Waals surface area (Å²) in [4.78, 5) is 29.9. The van der Waals surface area contributed by atoms with E-state index in [0.717, 1.165) is 5.56 Å². The summed E-state index contributed by atoms with van der Waals surface area (Å²) in [5.41, 5.74) is 1.48. The lowest BCUT2D eigenvalue weighted by atomic mass is 9.78. The van der Waals surface area contributed by atoms with Crippen molar-refractivity contribution in [2.45, 2.75) is 90.0 Å². The third-order valence-corrected chi connectivity index (χ3v) is 8.76. The van der Waals surface area contributed by atoms with Crippen molar-refractivity contribution in [2.75, 3.05) is 31.8 Å². The van der Waals surface area contributed by atoms with E-state index >= 15 is 0 Å². The lowest BCUT2D eigenvalue weighted by Gasteiger charge is -2.57. The van der Waals surface area contributed by atoms with E-state index < -0.39 is 46.1 Å². The van der Waals surface area contributed by atoms with Crippen LogP contribution in [0.15, 0.2) is 54.6 Å². The second kappa shape index (κ2) is 14.0. The predicted octanol–water partition coefficient (Wildman–Crippen LogP) is 6.32. The maximum atomic E-state index is 14.2. The minimum Gasteiger partial charge on any atom is -0.497 e. The van der Waals surface area contributed by atoms with E-state index in [4.69, 9.17) is 27.8 Å². The lowest BCUT2D eigenvalue weighted by molar-refractivity contribution is -0.242. The maximum Gasteiger partial charge on any atom is 0.366 e. The van der Waals surface area contributed by atoms with E-state index in [1.807, 2.05) is 108 Å². The van der Waals surface area contributed by atoms with Crippen molar-refractivity contribution >= 4 is 34.2 Å². The third kappa shape index (κ3) is 7.76. The molecule has 0 bridgehead atoms. The van der Waals surface area contributed by atoms with Crippen molar-refractivity contribution in [3.8, 4) is 5.75 Å². The first-order valence-corrected chi connectivity index (χ1v) is 21.9. The molecule has 0 aromatic heterocycles. The Morgan fingerprint density at radius 1 is 0.907 bits per heavy atom. The fourth-order valence-electron chi connectivity index (χ4n) is 5.59. The molecule has 1 saturated heterocycles. The maximum absolute atomic E-state index is 14.2. The zero-order chi connectivity index (χ0) is 32.1. The molecule has 1 aliphatic rings. The van der Waals surface area contributed by atoms with Crippen molar-refractivity contribution in [3.05, 3.63) is 60.2 Å². The largest absolute Gasteiger partial charge is 0.497 e. The van der Waals surface area contributed by atoms with Crippen LogP contribution >= 0.6 is 0 Å². The first-order valence-electron chi connectivity index (χ1n) is 15.1. The highest BCUT2D eigenvalue weighted by molar-refractivity contribution is 6.70.